The van der Waals surface area contributed by atoms with Crippen molar-refractivity contribution in [3.05, 3.63) is 0 Å². The number of halogens is 26. The van der Waals surface area contributed by atoms with Crippen molar-refractivity contribution in [2.75, 3.05) is 0 Å². The highest BCUT2D eigenvalue weighted by Gasteiger charge is 2.99. The van der Waals surface area contributed by atoms with Crippen LogP contribution in [-0.4, -0.2) is 78.7 Å². The Morgan fingerprint density at radius 1 is 0.349 bits per heavy atom. The predicted octanol–water partition coefficient (Wildman–Crippen LogP) is 10.4. The highest BCUT2D eigenvalue weighted by atomic mass is 35.6. The second kappa shape index (κ2) is 10.4. The van der Waals surface area contributed by atoms with Crippen LogP contribution in [0.2, 0.25) is 19.1 Å². The Kier molecular flexibility index (Phi) is 10.1. The third-order valence-corrected chi connectivity index (χ3v) is 7.40. The Balaban J connectivity index is 7.25. The number of hydrogen-bond acceptors (Lipinski definition) is 0. The van der Waals surface area contributed by atoms with Crippen molar-refractivity contribution in [2.45, 2.75) is 96.9 Å². The third-order valence-electron chi connectivity index (χ3n) is 5.40. The van der Waals surface area contributed by atoms with E-state index in [1.54, 1.807) is 0 Å². The first kappa shape index (κ1) is 41.8. The second-order valence-electron chi connectivity index (χ2n) is 9.16. The van der Waals surface area contributed by atoms with Gasteiger partial charge in [-0.3, -0.25) is 0 Å². The van der Waals surface area contributed by atoms with Gasteiger partial charge in [-0.1, -0.05) is 13.1 Å². The molecule has 0 aromatic rings. The van der Waals surface area contributed by atoms with Gasteiger partial charge in [0.15, 0.2) is 7.38 Å². The zero-order valence-corrected chi connectivity index (χ0v) is 21.5. The van der Waals surface area contributed by atoms with Crippen LogP contribution in [0.25, 0.3) is 0 Å². The Morgan fingerprint density at radius 2 is 0.535 bits per heavy atom. The maximum absolute atomic E-state index is 13.8. The molecule has 0 aliphatic heterocycles. The number of rotatable bonds is 13. The molecule has 0 amide bonds. The summed E-state index contributed by atoms with van der Waals surface area (Å²) in [6.07, 6.45) is -10.9. The molecule has 0 aliphatic rings. The molecule has 0 saturated heterocycles. The quantitative estimate of drug-likeness (QED) is 0.100. The van der Waals surface area contributed by atoms with Gasteiger partial charge in [-0.2, -0.15) is 121 Å². The topological polar surface area (TPSA) is 0 Å². The third kappa shape index (κ3) is 5.58. The van der Waals surface area contributed by atoms with Crippen molar-refractivity contribution >= 4 is 18.5 Å². The smallest absolute Gasteiger partial charge is 0.200 e. The number of alkyl halides is 25. The molecule has 0 unspecified atom stereocenters. The summed E-state index contributed by atoms with van der Waals surface area (Å²) >= 11 is 5.37. The van der Waals surface area contributed by atoms with Gasteiger partial charge >= 0.3 is 71.3 Å². The second-order valence-corrected chi connectivity index (χ2v) is 16.2. The van der Waals surface area contributed by atoms with Crippen LogP contribution in [0.5, 0.6) is 0 Å². The van der Waals surface area contributed by atoms with Crippen molar-refractivity contribution in [3.63, 3.8) is 0 Å². The molecule has 0 spiro atoms. The largest absolute Gasteiger partial charge is 0.460 e. The Morgan fingerprint density at radius 3 is 0.721 bits per heavy atom. The first-order valence-corrected chi connectivity index (χ1v) is 14.1. The molecule has 0 aromatic carbocycles. The summed E-state index contributed by atoms with van der Waals surface area (Å²) in [5.41, 5.74) is 0. The molecule has 0 heterocycles. The molecule has 0 radical (unpaired) electrons. The van der Waals surface area contributed by atoms with E-state index in [2.05, 4.69) is 0 Å². The van der Waals surface area contributed by atoms with E-state index in [1.807, 2.05) is 0 Å². The first-order chi connectivity index (χ1) is 18.0. The lowest BCUT2D eigenvalue weighted by molar-refractivity contribution is -0.482. The molecule has 0 saturated carbocycles. The van der Waals surface area contributed by atoms with Crippen LogP contribution >= 0.6 is 11.1 Å². The molecule has 0 aromatic heterocycles. The minimum atomic E-state index is -9.58. The van der Waals surface area contributed by atoms with Crippen molar-refractivity contribution in [3.8, 4) is 0 Å². The van der Waals surface area contributed by atoms with E-state index in [-0.39, 0.29) is 0 Å². The minimum absolute atomic E-state index is 0.788. The van der Waals surface area contributed by atoms with Crippen LogP contribution in [0.4, 0.5) is 110 Å². The average molecular weight is 741 g/mol. The fraction of sp³-hybridized carbons (Fsp3) is 1.00. The predicted molar refractivity (Wildman–Crippen MR) is 93.2 cm³/mol. The fourth-order valence-electron chi connectivity index (χ4n) is 2.60. The molecule has 0 atom stereocenters. The fourth-order valence-corrected chi connectivity index (χ4v) is 3.79. The number of hydrogen-bond donors (Lipinski definition) is 0. The normalized spacial score (nSPS) is 17.0. The Hall–Kier alpha value is -1.24. The van der Waals surface area contributed by atoms with Gasteiger partial charge in [0.2, 0.25) is 0 Å². The molecular formula is C16H10ClF25Si. The standard InChI is InChI=1S/C16H10ClF25Si/c1-43(2,17)4-3-5(18,19)6(20,21)7(22,23)8(24,25)9(26,27)10(28,29)11(30,31)12(32,33)13(34,35)14(36,37)15(38,39)16(40,41)42/h3-4H2,1-2H3. The molecule has 0 fully saturated rings. The van der Waals surface area contributed by atoms with Crippen LogP contribution in [-0.2, 0) is 0 Å². The summed E-state index contributed by atoms with van der Waals surface area (Å²) in [5, 5.41) is 0. The van der Waals surface area contributed by atoms with Gasteiger partial charge in [0.25, 0.3) is 0 Å². The van der Waals surface area contributed by atoms with E-state index >= 15 is 0 Å². The lowest BCUT2D eigenvalue weighted by Crippen LogP contribution is -2.78. The van der Waals surface area contributed by atoms with Gasteiger partial charge in [-0.05, 0) is 6.04 Å². The molecule has 0 rings (SSSR count). The maximum Gasteiger partial charge on any atom is 0.460 e. The first-order valence-electron chi connectivity index (χ1n) is 9.87. The zero-order chi connectivity index (χ0) is 35.9. The molecule has 0 N–H and O–H groups in total. The van der Waals surface area contributed by atoms with Crippen molar-refractivity contribution in [1.82, 2.24) is 0 Å². The van der Waals surface area contributed by atoms with Crippen LogP contribution in [0, 0.1) is 0 Å². The SMILES string of the molecule is C[Si](C)(Cl)CCC(F)(F)C(F)(F)C(F)(F)C(F)(F)C(F)(F)C(F)(F)C(F)(F)C(F)(F)C(F)(F)C(F)(F)C(F)(F)C(F)(F)F. The summed E-state index contributed by atoms with van der Waals surface area (Å²) in [4.78, 5) is 0. The Bertz CT molecular complexity index is 1000. The molecular weight excluding hydrogens is 731 g/mol. The molecule has 0 bridgehead atoms. The van der Waals surface area contributed by atoms with Crippen molar-refractivity contribution < 1.29 is 110 Å². The van der Waals surface area contributed by atoms with Gasteiger partial charge in [-0.25, -0.2) is 0 Å². The molecule has 0 aliphatic carbocycles. The minimum Gasteiger partial charge on any atom is -0.200 e. The van der Waals surface area contributed by atoms with Gasteiger partial charge < -0.3 is 0 Å². The summed E-state index contributed by atoms with van der Waals surface area (Å²) in [6.45, 7) is 1.58. The van der Waals surface area contributed by atoms with E-state index in [4.69, 9.17) is 11.1 Å². The highest BCUT2D eigenvalue weighted by molar-refractivity contribution is 7.19. The van der Waals surface area contributed by atoms with E-state index in [0.29, 0.717) is 0 Å². The van der Waals surface area contributed by atoms with Crippen LogP contribution < -0.4 is 0 Å². The van der Waals surface area contributed by atoms with Crippen LogP contribution in [0.15, 0.2) is 0 Å². The molecule has 43 heavy (non-hydrogen) atoms. The summed E-state index contributed by atoms with van der Waals surface area (Å²) in [5.74, 6) is -97.9. The van der Waals surface area contributed by atoms with Crippen LogP contribution in [0.1, 0.15) is 6.42 Å². The van der Waals surface area contributed by atoms with Gasteiger partial charge in [0.1, 0.15) is 0 Å². The van der Waals surface area contributed by atoms with E-state index in [0.717, 1.165) is 13.1 Å². The Labute approximate surface area is 226 Å². The van der Waals surface area contributed by atoms with Crippen molar-refractivity contribution in [1.29, 1.82) is 0 Å². The van der Waals surface area contributed by atoms with E-state index < -0.39 is 91.2 Å². The monoisotopic (exact) mass is 740 g/mol. The van der Waals surface area contributed by atoms with Gasteiger partial charge in [-0.15, -0.1) is 0 Å². The highest BCUT2D eigenvalue weighted by Crippen LogP contribution is 2.68. The lowest BCUT2D eigenvalue weighted by atomic mass is 9.84. The molecule has 260 valence electrons. The van der Waals surface area contributed by atoms with Crippen LogP contribution in [0.3, 0.4) is 0 Å². The maximum atomic E-state index is 13.8. The summed E-state index contributed by atoms with van der Waals surface area (Å²) < 4.78 is 334. The zero-order valence-electron chi connectivity index (χ0n) is 19.7. The average Bonchev–Trinajstić information content (AvgIpc) is 2.75. The van der Waals surface area contributed by atoms with Crippen molar-refractivity contribution in [2.24, 2.45) is 0 Å². The van der Waals surface area contributed by atoms with E-state index in [9.17, 15) is 110 Å². The van der Waals surface area contributed by atoms with Gasteiger partial charge in [0, 0.05) is 6.42 Å². The summed E-state index contributed by atoms with van der Waals surface area (Å²) in [6, 6.07) is -1.50. The lowest BCUT2D eigenvalue weighted by Gasteiger charge is -2.45. The van der Waals surface area contributed by atoms with E-state index in [1.165, 1.54) is 0 Å². The molecule has 0 nitrogen and oxygen atoms in total. The summed E-state index contributed by atoms with van der Waals surface area (Å²) in [7, 11) is -3.60. The molecule has 27 heteroatoms. The van der Waals surface area contributed by atoms with Gasteiger partial charge in [0.05, 0.1) is 0 Å².